The van der Waals surface area contributed by atoms with Crippen LogP contribution < -0.4 is 5.32 Å². The number of thiophene rings is 1. The normalized spacial score (nSPS) is 9.93. The first-order valence-electron chi connectivity index (χ1n) is 4.59. The maximum atomic E-state index is 11.2. The van der Waals surface area contributed by atoms with Gasteiger partial charge in [0, 0.05) is 13.0 Å². The number of carbonyl (C=O) groups excluding carboxylic acids is 1. The third-order valence-electron chi connectivity index (χ3n) is 2.00. The summed E-state index contributed by atoms with van der Waals surface area (Å²) in [7, 11) is 0. The quantitative estimate of drug-likeness (QED) is 0.801. The van der Waals surface area contributed by atoms with Gasteiger partial charge in [-0.25, -0.2) is 0 Å². The first-order chi connectivity index (χ1) is 7.09. The van der Waals surface area contributed by atoms with Crippen LogP contribution in [0.4, 0.5) is 0 Å². The number of carboxylic acid groups (broad SMARTS) is 1. The summed E-state index contributed by atoms with van der Waals surface area (Å²) in [5, 5.41) is 15.1. The van der Waals surface area contributed by atoms with Crippen molar-refractivity contribution in [3.8, 4) is 0 Å². The predicted molar refractivity (Wildman–Crippen MR) is 57.8 cm³/mol. The number of carboxylic acids is 1. The van der Waals surface area contributed by atoms with E-state index in [1.54, 1.807) is 11.3 Å². The maximum absolute atomic E-state index is 11.2. The highest BCUT2D eigenvalue weighted by atomic mass is 32.1. The van der Waals surface area contributed by atoms with Crippen molar-refractivity contribution in [2.24, 2.45) is 0 Å². The van der Waals surface area contributed by atoms with Crippen molar-refractivity contribution in [2.45, 2.75) is 26.3 Å². The van der Waals surface area contributed by atoms with E-state index in [2.05, 4.69) is 5.32 Å². The third kappa shape index (κ3) is 4.12. The molecule has 0 spiro atoms. The van der Waals surface area contributed by atoms with Gasteiger partial charge in [0.15, 0.2) is 0 Å². The summed E-state index contributed by atoms with van der Waals surface area (Å²) in [4.78, 5) is 21.4. The summed E-state index contributed by atoms with van der Waals surface area (Å²) >= 11 is 1.59. The fourth-order valence-corrected chi connectivity index (χ4v) is 1.93. The number of carbonyl (C=O) groups is 2. The minimum Gasteiger partial charge on any atom is -0.481 e. The average molecular weight is 227 g/mol. The van der Waals surface area contributed by atoms with Crippen LogP contribution in [0.2, 0.25) is 0 Å². The SMILES string of the molecule is Cc1cscc1CNC(=O)CCC(=O)O. The second kappa shape index (κ2) is 5.50. The maximum Gasteiger partial charge on any atom is 0.303 e. The molecule has 0 saturated carbocycles. The molecule has 1 amide bonds. The molecule has 0 aromatic carbocycles. The molecule has 0 aliphatic rings. The lowest BCUT2D eigenvalue weighted by Gasteiger charge is -2.03. The molecule has 5 heteroatoms. The Morgan fingerprint density at radius 2 is 2.13 bits per heavy atom. The molecule has 0 aliphatic carbocycles. The fraction of sp³-hybridized carbons (Fsp3) is 0.400. The molecule has 82 valence electrons. The molecule has 1 aromatic heterocycles. The fourth-order valence-electron chi connectivity index (χ4n) is 1.07. The molecule has 0 fully saturated rings. The van der Waals surface area contributed by atoms with E-state index in [1.807, 2.05) is 17.7 Å². The first-order valence-corrected chi connectivity index (χ1v) is 5.54. The van der Waals surface area contributed by atoms with Crippen molar-refractivity contribution < 1.29 is 14.7 Å². The standard InChI is InChI=1S/C10H13NO3S/c1-7-5-15-6-8(7)4-11-9(12)2-3-10(13)14/h5-6H,2-4H2,1H3,(H,11,12)(H,13,14). The number of hydrogen-bond acceptors (Lipinski definition) is 3. The lowest BCUT2D eigenvalue weighted by atomic mass is 10.2. The average Bonchev–Trinajstić information content (AvgIpc) is 2.58. The van der Waals surface area contributed by atoms with Crippen LogP contribution in [0, 0.1) is 6.92 Å². The van der Waals surface area contributed by atoms with Crippen molar-refractivity contribution in [1.82, 2.24) is 5.32 Å². The molecular formula is C10H13NO3S. The van der Waals surface area contributed by atoms with Crippen LogP contribution in [-0.2, 0) is 16.1 Å². The van der Waals surface area contributed by atoms with Gasteiger partial charge in [0.25, 0.3) is 0 Å². The summed E-state index contributed by atoms with van der Waals surface area (Å²) in [6, 6.07) is 0. The first kappa shape index (κ1) is 11.7. The second-order valence-corrected chi connectivity index (χ2v) is 3.99. The summed E-state index contributed by atoms with van der Waals surface area (Å²) < 4.78 is 0. The van der Waals surface area contributed by atoms with Gasteiger partial charge in [0.1, 0.15) is 0 Å². The van der Waals surface area contributed by atoms with Crippen LogP contribution in [0.3, 0.4) is 0 Å². The van der Waals surface area contributed by atoms with Gasteiger partial charge < -0.3 is 10.4 Å². The zero-order chi connectivity index (χ0) is 11.3. The number of aliphatic carboxylic acids is 1. The van der Waals surface area contributed by atoms with Crippen molar-refractivity contribution in [3.05, 3.63) is 21.9 Å². The Morgan fingerprint density at radius 1 is 1.40 bits per heavy atom. The topological polar surface area (TPSA) is 66.4 Å². The summed E-state index contributed by atoms with van der Waals surface area (Å²) in [5.41, 5.74) is 2.24. The van der Waals surface area contributed by atoms with Gasteiger partial charge in [0.05, 0.1) is 6.42 Å². The molecule has 0 saturated heterocycles. The smallest absolute Gasteiger partial charge is 0.303 e. The Kier molecular flexibility index (Phi) is 4.30. The zero-order valence-corrected chi connectivity index (χ0v) is 9.26. The van der Waals surface area contributed by atoms with Gasteiger partial charge in [-0.3, -0.25) is 9.59 Å². The number of hydrogen-bond donors (Lipinski definition) is 2. The van der Waals surface area contributed by atoms with E-state index in [0.717, 1.165) is 11.1 Å². The van der Waals surface area contributed by atoms with Crippen LogP contribution in [0.15, 0.2) is 10.8 Å². The van der Waals surface area contributed by atoms with E-state index >= 15 is 0 Å². The van der Waals surface area contributed by atoms with Crippen LogP contribution in [0.1, 0.15) is 24.0 Å². The zero-order valence-electron chi connectivity index (χ0n) is 8.45. The van der Waals surface area contributed by atoms with Crippen LogP contribution >= 0.6 is 11.3 Å². The molecular weight excluding hydrogens is 214 g/mol. The highest BCUT2D eigenvalue weighted by Crippen LogP contribution is 2.12. The van der Waals surface area contributed by atoms with Gasteiger partial charge in [0.2, 0.25) is 5.91 Å². The molecule has 1 rings (SSSR count). The summed E-state index contributed by atoms with van der Waals surface area (Å²) in [5.74, 6) is -1.17. The Morgan fingerprint density at radius 3 is 2.67 bits per heavy atom. The van der Waals surface area contributed by atoms with E-state index in [-0.39, 0.29) is 18.7 Å². The number of aryl methyl sites for hydroxylation is 1. The van der Waals surface area contributed by atoms with Crippen LogP contribution in [0.25, 0.3) is 0 Å². The summed E-state index contributed by atoms with van der Waals surface area (Å²) in [6.07, 6.45) is -0.0764. The van der Waals surface area contributed by atoms with E-state index in [0.29, 0.717) is 6.54 Å². The van der Waals surface area contributed by atoms with Gasteiger partial charge in [-0.1, -0.05) is 0 Å². The Hall–Kier alpha value is -1.36. The van der Waals surface area contributed by atoms with E-state index in [9.17, 15) is 9.59 Å². The van der Waals surface area contributed by atoms with Gasteiger partial charge in [-0.15, -0.1) is 0 Å². The highest BCUT2D eigenvalue weighted by molar-refractivity contribution is 7.08. The molecule has 1 heterocycles. The molecule has 0 atom stereocenters. The van der Waals surface area contributed by atoms with Crippen molar-refractivity contribution in [3.63, 3.8) is 0 Å². The minimum absolute atomic E-state index is 0.0402. The molecule has 0 radical (unpaired) electrons. The lowest BCUT2D eigenvalue weighted by molar-refractivity contribution is -0.138. The summed E-state index contributed by atoms with van der Waals surface area (Å²) in [6.45, 7) is 2.46. The molecule has 0 aliphatic heterocycles. The van der Waals surface area contributed by atoms with Crippen molar-refractivity contribution in [1.29, 1.82) is 0 Å². The predicted octanol–water partition coefficient (Wildman–Crippen LogP) is 1.54. The monoisotopic (exact) mass is 227 g/mol. The molecule has 0 bridgehead atoms. The molecule has 15 heavy (non-hydrogen) atoms. The largest absolute Gasteiger partial charge is 0.481 e. The highest BCUT2D eigenvalue weighted by Gasteiger charge is 2.05. The Labute approximate surface area is 91.9 Å². The van der Waals surface area contributed by atoms with Gasteiger partial charge >= 0.3 is 5.97 Å². The lowest BCUT2D eigenvalue weighted by Crippen LogP contribution is -2.23. The molecule has 0 unspecified atom stereocenters. The Balaban J connectivity index is 2.28. The van der Waals surface area contributed by atoms with Crippen LogP contribution in [-0.4, -0.2) is 17.0 Å². The van der Waals surface area contributed by atoms with E-state index in [4.69, 9.17) is 5.11 Å². The van der Waals surface area contributed by atoms with Crippen LogP contribution in [0.5, 0.6) is 0 Å². The van der Waals surface area contributed by atoms with Gasteiger partial charge in [-0.2, -0.15) is 11.3 Å². The van der Waals surface area contributed by atoms with Crippen molar-refractivity contribution >= 4 is 23.2 Å². The Bertz CT molecular complexity index is 359. The van der Waals surface area contributed by atoms with Gasteiger partial charge in [-0.05, 0) is 28.8 Å². The van der Waals surface area contributed by atoms with Crippen molar-refractivity contribution in [2.75, 3.05) is 0 Å². The van der Waals surface area contributed by atoms with E-state index in [1.165, 1.54) is 0 Å². The minimum atomic E-state index is -0.947. The molecule has 2 N–H and O–H groups in total. The second-order valence-electron chi connectivity index (χ2n) is 3.25. The van der Waals surface area contributed by atoms with E-state index < -0.39 is 5.97 Å². The third-order valence-corrected chi connectivity index (χ3v) is 2.91. The number of nitrogens with one attached hydrogen (secondary N) is 1. The molecule has 1 aromatic rings. The number of amides is 1. The molecule has 4 nitrogen and oxygen atoms in total. The number of rotatable bonds is 5.